The van der Waals surface area contributed by atoms with E-state index in [9.17, 15) is 13.2 Å². The van der Waals surface area contributed by atoms with E-state index in [0.717, 1.165) is 0 Å². The van der Waals surface area contributed by atoms with Crippen LogP contribution in [0.1, 0.15) is 20.8 Å². The van der Waals surface area contributed by atoms with Gasteiger partial charge in [0.05, 0.1) is 0 Å². The molecule has 14 heavy (non-hydrogen) atoms. The Morgan fingerprint density at radius 1 is 1.14 bits per heavy atom. The molecular formula is C8H16CoF3NO. The van der Waals surface area contributed by atoms with Crippen molar-refractivity contribution in [1.82, 2.24) is 4.90 Å². The number of hydrogen-bond acceptors (Lipinski definition) is 2. The second kappa shape index (κ2) is 5.94. The summed E-state index contributed by atoms with van der Waals surface area (Å²) in [5.41, 5.74) is 0. The molecule has 0 fully saturated rings. The van der Waals surface area contributed by atoms with E-state index in [1.165, 1.54) is 11.8 Å². The number of alkyl halides is 3. The predicted octanol–water partition coefficient (Wildman–Crippen LogP) is 1.64. The largest absolute Gasteiger partial charge is 0.415 e. The number of nitrogens with zero attached hydrogens (tertiary/aromatic N) is 1. The molecule has 0 rings (SSSR count). The van der Waals surface area contributed by atoms with Crippen LogP contribution in [-0.2, 0) is 16.8 Å². The van der Waals surface area contributed by atoms with Crippen molar-refractivity contribution in [3.05, 3.63) is 0 Å². The van der Waals surface area contributed by atoms with Crippen LogP contribution in [0.3, 0.4) is 0 Å². The Balaban J connectivity index is 0. The van der Waals surface area contributed by atoms with E-state index in [4.69, 9.17) is 5.11 Å². The molecule has 2 nitrogen and oxygen atoms in total. The Morgan fingerprint density at radius 3 is 1.71 bits per heavy atom. The number of aliphatic hydroxyl groups is 1. The third-order valence-electron chi connectivity index (χ3n) is 2.25. The van der Waals surface area contributed by atoms with Crippen LogP contribution in [-0.4, -0.2) is 41.4 Å². The van der Waals surface area contributed by atoms with Crippen molar-refractivity contribution in [3.63, 3.8) is 0 Å². The predicted molar refractivity (Wildman–Crippen MR) is 44.4 cm³/mol. The van der Waals surface area contributed by atoms with Gasteiger partial charge in [-0.05, 0) is 27.8 Å². The molecular weight excluding hydrogens is 242 g/mol. The summed E-state index contributed by atoms with van der Waals surface area (Å²) in [7, 11) is 1.56. The van der Waals surface area contributed by atoms with Crippen LogP contribution < -0.4 is 0 Å². The second-order valence-corrected chi connectivity index (χ2v) is 3.49. The first kappa shape index (κ1) is 16.6. The maximum atomic E-state index is 12.0. The maximum absolute atomic E-state index is 12.0. The average Bonchev–Trinajstić information content (AvgIpc) is 1.98. The molecule has 0 spiro atoms. The Morgan fingerprint density at radius 2 is 1.50 bits per heavy atom. The summed E-state index contributed by atoms with van der Waals surface area (Å²) < 4.78 is 36.1. The molecule has 0 heterocycles. The first-order valence-electron chi connectivity index (χ1n) is 4.14. The van der Waals surface area contributed by atoms with Crippen LogP contribution in [0.4, 0.5) is 13.2 Å². The van der Waals surface area contributed by atoms with Gasteiger partial charge in [0.2, 0.25) is 0 Å². The van der Waals surface area contributed by atoms with Gasteiger partial charge >= 0.3 is 6.18 Å². The van der Waals surface area contributed by atoms with E-state index >= 15 is 0 Å². The van der Waals surface area contributed by atoms with Gasteiger partial charge in [0, 0.05) is 28.9 Å². The third-order valence-corrected chi connectivity index (χ3v) is 2.25. The van der Waals surface area contributed by atoms with Gasteiger partial charge in [0.25, 0.3) is 0 Å². The molecule has 6 heteroatoms. The number of halogens is 3. The van der Waals surface area contributed by atoms with E-state index in [0.29, 0.717) is 0 Å². The van der Waals surface area contributed by atoms with Crippen LogP contribution in [0, 0.1) is 0 Å². The standard InChI is InChI=1S/C8H16F3NO.Co/c1-5(2)12(4)6(3)7(13)8(9,10)11;/h5-7,13H,1-4H3;. The van der Waals surface area contributed by atoms with Gasteiger partial charge in [-0.15, -0.1) is 0 Å². The summed E-state index contributed by atoms with van der Waals surface area (Å²) in [6, 6.07) is -0.938. The maximum Gasteiger partial charge on any atom is 0.415 e. The van der Waals surface area contributed by atoms with Gasteiger partial charge in [0.15, 0.2) is 6.10 Å². The fourth-order valence-corrected chi connectivity index (χ4v) is 0.966. The summed E-state index contributed by atoms with van der Waals surface area (Å²) in [5.74, 6) is 0. The quantitative estimate of drug-likeness (QED) is 0.831. The van der Waals surface area contributed by atoms with Crippen molar-refractivity contribution in [2.75, 3.05) is 7.05 Å². The molecule has 0 aliphatic rings. The zero-order valence-corrected chi connectivity index (χ0v) is 9.63. The molecule has 0 aromatic rings. The topological polar surface area (TPSA) is 23.5 Å². The number of likely N-dealkylation sites (N-methyl/N-ethyl adjacent to an activating group) is 1. The molecule has 1 N–H and O–H groups in total. The van der Waals surface area contributed by atoms with Gasteiger partial charge in [0.1, 0.15) is 0 Å². The van der Waals surface area contributed by atoms with E-state index in [-0.39, 0.29) is 22.8 Å². The minimum Gasteiger partial charge on any atom is -0.382 e. The number of aliphatic hydroxyl groups excluding tert-OH is 1. The zero-order valence-electron chi connectivity index (χ0n) is 8.59. The van der Waals surface area contributed by atoms with Crippen LogP contribution >= 0.6 is 0 Å². The molecule has 0 aliphatic heterocycles. The fraction of sp³-hybridized carbons (Fsp3) is 1.00. The molecule has 0 aromatic carbocycles. The minimum atomic E-state index is -4.54. The van der Waals surface area contributed by atoms with Gasteiger partial charge in [-0.2, -0.15) is 13.2 Å². The van der Waals surface area contributed by atoms with Crippen molar-refractivity contribution in [2.24, 2.45) is 0 Å². The van der Waals surface area contributed by atoms with Gasteiger partial charge < -0.3 is 5.11 Å². The van der Waals surface area contributed by atoms with Gasteiger partial charge in [-0.3, -0.25) is 4.90 Å². The summed E-state index contributed by atoms with van der Waals surface area (Å²) in [6.07, 6.45) is -6.82. The van der Waals surface area contributed by atoms with E-state index in [2.05, 4.69) is 0 Å². The second-order valence-electron chi connectivity index (χ2n) is 3.49. The molecule has 1 radical (unpaired) electrons. The average molecular weight is 258 g/mol. The van der Waals surface area contributed by atoms with E-state index < -0.39 is 18.3 Å². The molecule has 2 unspecified atom stereocenters. The van der Waals surface area contributed by atoms with E-state index in [1.807, 2.05) is 0 Å². The summed E-state index contributed by atoms with van der Waals surface area (Å²) >= 11 is 0. The van der Waals surface area contributed by atoms with Crippen LogP contribution in [0.2, 0.25) is 0 Å². The summed E-state index contributed by atoms with van der Waals surface area (Å²) in [6.45, 7) is 4.91. The van der Waals surface area contributed by atoms with Crippen LogP contribution in [0.5, 0.6) is 0 Å². The Bertz CT molecular complexity index is 163. The third kappa shape index (κ3) is 4.63. The first-order valence-corrected chi connectivity index (χ1v) is 4.14. The Kier molecular flexibility index (Phi) is 7.06. The normalized spacial score (nSPS) is 16.7. The molecule has 0 saturated carbocycles. The van der Waals surface area contributed by atoms with Gasteiger partial charge in [-0.1, -0.05) is 0 Å². The minimum absolute atomic E-state index is 0. The molecule has 89 valence electrons. The summed E-state index contributed by atoms with van der Waals surface area (Å²) in [4.78, 5) is 1.48. The fourth-order valence-electron chi connectivity index (χ4n) is 0.966. The summed E-state index contributed by atoms with van der Waals surface area (Å²) in [5, 5.41) is 8.91. The first-order chi connectivity index (χ1) is 5.68. The monoisotopic (exact) mass is 258 g/mol. The Labute approximate surface area is 92.7 Å². The van der Waals surface area contributed by atoms with Crippen molar-refractivity contribution in [1.29, 1.82) is 0 Å². The van der Waals surface area contributed by atoms with Gasteiger partial charge in [-0.25, -0.2) is 0 Å². The molecule has 0 amide bonds. The molecule has 0 aliphatic carbocycles. The van der Waals surface area contributed by atoms with Crippen LogP contribution in [0.25, 0.3) is 0 Å². The van der Waals surface area contributed by atoms with Crippen molar-refractivity contribution < 1.29 is 35.1 Å². The molecule has 2 atom stereocenters. The Hall–Kier alpha value is 0.216. The number of hydrogen-bond donors (Lipinski definition) is 1. The molecule has 0 bridgehead atoms. The SMILES string of the molecule is CC(C)N(C)C(C)C(O)C(F)(F)F.[Co]. The molecule has 0 saturated heterocycles. The van der Waals surface area contributed by atoms with E-state index in [1.54, 1.807) is 20.9 Å². The van der Waals surface area contributed by atoms with Crippen molar-refractivity contribution in [3.8, 4) is 0 Å². The van der Waals surface area contributed by atoms with Crippen molar-refractivity contribution >= 4 is 0 Å². The zero-order chi connectivity index (χ0) is 10.8. The smallest absolute Gasteiger partial charge is 0.382 e. The van der Waals surface area contributed by atoms with Crippen molar-refractivity contribution in [2.45, 2.75) is 45.1 Å². The van der Waals surface area contributed by atoms with Crippen LogP contribution in [0.15, 0.2) is 0 Å². The molecule has 0 aromatic heterocycles. The number of rotatable bonds is 3.